The van der Waals surface area contributed by atoms with Crippen LogP contribution in [0.15, 0.2) is 24.3 Å². The lowest BCUT2D eigenvalue weighted by Crippen LogP contribution is -2.61. The van der Waals surface area contributed by atoms with Gasteiger partial charge in [-0.25, -0.2) is 0 Å². The van der Waals surface area contributed by atoms with E-state index in [0.29, 0.717) is 0 Å². The van der Waals surface area contributed by atoms with E-state index in [0.717, 1.165) is 37.7 Å². The molecule has 2 aliphatic rings. The molecule has 0 bridgehead atoms. The average Bonchev–Trinajstić information content (AvgIpc) is 3.01. The van der Waals surface area contributed by atoms with Gasteiger partial charge < -0.3 is 10.5 Å². The Morgan fingerprint density at radius 3 is 2.52 bits per heavy atom. The number of nitrogens with zero attached hydrogens (tertiary/aromatic N) is 1. The summed E-state index contributed by atoms with van der Waals surface area (Å²) in [6, 6.07) is 8.22. The molecule has 1 saturated carbocycles. The van der Waals surface area contributed by atoms with Crippen LogP contribution in [0.25, 0.3) is 0 Å². The number of benzene rings is 1. The molecule has 1 aromatic rings. The van der Waals surface area contributed by atoms with Gasteiger partial charge in [-0.3, -0.25) is 4.90 Å². The van der Waals surface area contributed by atoms with E-state index < -0.39 is 0 Å². The van der Waals surface area contributed by atoms with E-state index >= 15 is 0 Å². The summed E-state index contributed by atoms with van der Waals surface area (Å²) in [5.74, 6) is 0. The standard InChI is InChI=1S/C17H25ClN2O/c18-15-6-2-1-5-14(15)13-16(19)17(7-3-4-8-17)20-9-11-21-12-10-20/h1-2,5-6,16H,3-4,7-13,19H2. The molecule has 3 nitrogen and oxygen atoms in total. The maximum atomic E-state index is 6.70. The topological polar surface area (TPSA) is 38.5 Å². The van der Waals surface area contributed by atoms with Crippen molar-refractivity contribution in [2.75, 3.05) is 26.3 Å². The van der Waals surface area contributed by atoms with Crippen LogP contribution in [0.4, 0.5) is 0 Å². The Morgan fingerprint density at radius 1 is 1.19 bits per heavy atom. The molecule has 1 saturated heterocycles. The lowest BCUT2D eigenvalue weighted by molar-refractivity contribution is -0.0305. The van der Waals surface area contributed by atoms with Crippen LogP contribution in [0.5, 0.6) is 0 Å². The normalized spacial score (nSPS) is 24.1. The van der Waals surface area contributed by atoms with Crippen LogP contribution in [0, 0.1) is 0 Å². The number of halogens is 1. The van der Waals surface area contributed by atoms with Crippen molar-refractivity contribution in [3.63, 3.8) is 0 Å². The fraction of sp³-hybridized carbons (Fsp3) is 0.647. The summed E-state index contributed by atoms with van der Waals surface area (Å²) in [6.07, 6.45) is 5.84. The average molecular weight is 309 g/mol. The first kappa shape index (κ1) is 15.3. The number of morpholine rings is 1. The summed E-state index contributed by atoms with van der Waals surface area (Å²) in [7, 11) is 0. The molecule has 2 fully saturated rings. The van der Waals surface area contributed by atoms with Crippen molar-refractivity contribution < 1.29 is 4.74 Å². The maximum absolute atomic E-state index is 6.70. The third kappa shape index (κ3) is 3.11. The fourth-order valence-corrected chi connectivity index (χ4v) is 4.22. The van der Waals surface area contributed by atoms with Crippen LogP contribution in [0.2, 0.25) is 5.02 Å². The van der Waals surface area contributed by atoms with Crippen LogP contribution < -0.4 is 5.73 Å². The van der Waals surface area contributed by atoms with Gasteiger partial charge in [-0.1, -0.05) is 42.6 Å². The lowest BCUT2D eigenvalue weighted by Gasteiger charge is -2.47. The Bertz CT molecular complexity index is 468. The molecular formula is C17H25ClN2O. The third-order valence-electron chi connectivity index (χ3n) is 5.20. The number of rotatable bonds is 4. The summed E-state index contributed by atoms with van der Waals surface area (Å²) in [6.45, 7) is 3.69. The van der Waals surface area contributed by atoms with Gasteiger partial charge in [-0.2, -0.15) is 0 Å². The van der Waals surface area contributed by atoms with Gasteiger partial charge >= 0.3 is 0 Å². The number of nitrogens with two attached hydrogens (primary N) is 1. The van der Waals surface area contributed by atoms with Crippen LogP contribution in [-0.4, -0.2) is 42.8 Å². The smallest absolute Gasteiger partial charge is 0.0594 e. The van der Waals surface area contributed by atoms with Crippen molar-refractivity contribution in [3.05, 3.63) is 34.9 Å². The highest BCUT2D eigenvalue weighted by Crippen LogP contribution is 2.39. The second kappa shape index (κ2) is 6.66. The Balaban J connectivity index is 1.78. The van der Waals surface area contributed by atoms with E-state index in [1.165, 1.54) is 31.2 Å². The minimum atomic E-state index is 0.137. The first-order chi connectivity index (χ1) is 10.2. The zero-order valence-corrected chi connectivity index (χ0v) is 13.3. The van der Waals surface area contributed by atoms with Crippen LogP contribution >= 0.6 is 11.6 Å². The van der Waals surface area contributed by atoms with E-state index in [9.17, 15) is 0 Å². The zero-order valence-electron chi connectivity index (χ0n) is 12.6. The van der Waals surface area contributed by atoms with E-state index in [-0.39, 0.29) is 11.6 Å². The Hall–Kier alpha value is -0.610. The predicted octanol–water partition coefficient (Wildman–Crippen LogP) is 2.85. The second-order valence-electron chi connectivity index (χ2n) is 6.31. The van der Waals surface area contributed by atoms with E-state index in [2.05, 4.69) is 11.0 Å². The van der Waals surface area contributed by atoms with Crippen LogP contribution in [0.3, 0.4) is 0 Å². The zero-order chi connectivity index (χ0) is 14.7. The molecule has 0 aromatic heterocycles. The molecule has 1 unspecified atom stereocenters. The molecule has 0 spiro atoms. The van der Waals surface area contributed by atoms with Gasteiger partial charge in [0.2, 0.25) is 0 Å². The molecule has 1 aliphatic carbocycles. The molecule has 4 heteroatoms. The monoisotopic (exact) mass is 308 g/mol. The van der Waals surface area contributed by atoms with Crippen LogP contribution in [0.1, 0.15) is 31.2 Å². The summed E-state index contributed by atoms with van der Waals surface area (Å²) >= 11 is 6.32. The highest BCUT2D eigenvalue weighted by molar-refractivity contribution is 6.31. The molecule has 1 atom stereocenters. The SMILES string of the molecule is NC(Cc1ccccc1Cl)C1(N2CCOCC2)CCCC1. The quantitative estimate of drug-likeness (QED) is 0.929. The van der Waals surface area contributed by atoms with Crippen molar-refractivity contribution in [3.8, 4) is 0 Å². The van der Waals surface area contributed by atoms with Crippen LogP contribution in [-0.2, 0) is 11.2 Å². The van der Waals surface area contributed by atoms with E-state index in [1.807, 2.05) is 18.2 Å². The van der Waals surface area contributed by atoms with E-state index in [1.54, 1.807) is 0 Å². The van der Waals surface area contributed by atoms with Crippen molar-refractivity contribution in [1.82, 2.24) is 4.90 Å². The highest BCUT2D eigenvalue weighted by Gasteiger charge is 2.44. The predicted molar refractivity (Wildman–Crippen MR) is 86.7 cm³/mol. The first-order valence-electron chi connectivity index (χ1n) is 8.04. The van der Waals surface area contributed by atoms with Gasteiger partial charge in [-0.15, -0.1) is 0 Å². The number of ether oxygens (including phenoxy) is 1. The molecule has 2 N–H and O–H groups in total. The molecule has 1 aromatic carbocycles. The van der Waals surface area contributed by atoms with Crippen molar-refractivity contribution in [2.24, 2.45) is 5.73 Å². The van der Waals surface area contributed by atoms with Crippen molar-refractivity contribution in [2.45, 2.75) is 43.7 Å². The lowest BCUT2D eigenvalue weighted by atomic mass is 9.82. The summed E-state index contributed by atoms with van der Waals surface area (Å²) in [5, 5.41) is 0.836. The Labute approximate surface area is 132 Å². The first-order valence-corrected chi connectivity index (χ1v) is 8.42. The minimum Gasteiger partial charge on any atom is -0.379 e. The summed E-state index contributed by atoms with van der Waals surface area (Å²) < 4.78 is 5.52. The molecule has 3 rings (SSSR count). The largest absolute Gasteiger partial charge is 0.379 e. The fourth-order valence-electron chi connectivity index (χ4n) is 4.01. The van der Waals surface area contributed by atoms with E-state index in [4.69, 9.17) is 22.1 Å². The Kier molecular flexibility index (Phi) is 4.85. The molecule has 1 heterocycles. The highest BCUT2D eigenvalue weighted by atomic mass is 35.5. The molecule has 116 valence electrons. The number of hydrogen-bond acceptors (Lipinski definition) is 3. The van der Waals surface area contributed by atoms with Gasteiger partial charge in [0.05, 0.1) is 13.2 Å². The molecule has 21 heavy (non-hydrogen) atoms. The van der Waals surface area contributed by atoms with Gasteiger partial charge in [0.1, 0.15) is 0 Å². The van der Waals surface area contributed by atoms with Crippen molar-refractivity contribution in [1.29, 1.82) is 0 Å². The third-order valence-corrected chi connectivity index (χ3v) is 5.57. The summed E-state index contributed by atoms with van der Waals surface area (Å²) in [5.41, 5.74) is 8.02. The van der Waals surface area contributed by atoms with Gasteiger partial charge in [0, 0.05) is 29.7 Å². The molecule has 0 amide bonds. The molecular weight excluding hydrogens is 284 g/mol. The minimum absolute atomic E-state index is 0.137. The Morgan fingerprint density at radius 2 is 1.86 bits per heavy atom. The van der Waals surface area contributed by atoms with Gasteiger partial charge in [0.15, 0.2) is 0 Å². The molecule has 0 radical (unpaired) electrons. The summed E-state index contributed by atoms with van der Waals surface area (Å²) in [4.78, 5) is 2.59. The number of hydrogen-bond donors (Lipinski definition) is 1. The second-order valence-corrected chi connectivity index (χ2v) is 6.72. The maximum Gasteiger partial charge on any atom is 0.0594 e. The molecule has 1 aliphatic heterocycles. The van der Waals surface area contributed by atoms with Gasteiger partial charge in [0.25, 0.3) is 0 Å². The van der Waals surface area contributed by atoms with Crippen molar-refractivity contribution >= 4 is 11.6 Å². The van der Waals surface area contributed by atoms with Gasteiger partial charge in [-0.05, 0) is 30.9 Å².